The Kier molecular flexibility index (Phi) is 8.73. The monoisotopic (exact) mass is 625 g/mol. The predicted octanol–water partition coefficient (Wildman–Crippen LogP) is -1.60. The van der Waals surface area contributed by atoms with Crippen molar-refractivity contribution in [3.05, 3.63) is 28.5 Å². The fourth-order valence-electron chi connectivity index (χ4n) is 3.79. The number of nitrogens with one attached hydrogen (secondary N) is 1. The third-order valence-corrected chi connectivity index (χ3v) is 8.76. The average molecular weight is 626 g/mol. The number of rotatable bonds is 11. The first-order valence-corrected chi connectivity index (χ1v) is 14.5. The summed E-state index contributed by atoms with van der Waals surface area (Å²) in [5, 5.41) is 26.4. The number of nitrogens with two attached hydrogens (primary N) is 4. The van der Waals surface area contributed by atoms with Crippen molar-refractivity contribution >= 4 is 81.0 Å². The highest BCUT2D eigenvalue weighted by Gasteiger charge is 2.54. The van der Waals surface area contributed by atoms with Crippen LogP contribution in [0.25, 0.3) is 0 Å². The van der Waals surface area contributed by atoms with Gasteiger partial charge in [-0.05, 0) is 29.2 Å². The van der Waals surface area contributed by atoms with Gasteiger partial charge in [0.1, 0.15) is 40.8 Å². The molecule has 11 N–H and O–H groups in total. The Labute approximate surface area is 243 Å². The van der Waals surface area contributed by atoms with Crippen LogP contribution in [-0.2, 0) is 24.0 Å². The number of thiazole rings is 1. The molecule has 20 heteroatoms. The first-order chi connectivity index (χ1) is 19.4. The second kappa shape index (κ2) is 12.1. The van der Waals surface area contributed by atoms with Gasteiger partial charge in [-0.2, -0.15) is 0 Å². The summed E-state index contributed by atoms with van der Waals surface area (Å²) in [5.74, 6) is 2.42. The fraction of sp³-hybridized carbons (Fsp3) is 0.333. The summed E-state index contributed by atoms with van der Waals surface area (Å²) in [6, 6.07) is -1.07. The molecule has 1 saturated heterocycles. The average Bonchev–Trinajstić information content (AvgIpc) is 3.33. The Morgan fingerprint density at radius 2 is 2.05 bits per heavy atom. The number of hydrogen-bond donors (Lipinski definition) is 7. The van der Waals surface area contributed by atoms with Crippen LogP contribution in [0.4, 0.5) is 16.6 Å². The van der Waals surface area contributed by atoms with E-state index in [1.807, 2.05) is 0 Å². The minimum Gasteiger partial charge on any atom is -0.481 e. The van der Waals surface area contributed by atoms with Crippen LogP contribution in [0.15, 0.2) is 33.2 Å². The lowest BCUT2D eigenvalue weighted by molar-refractivity contribution is -0.681. The lowest BCUT2D eigenvalue weighted by Crippen LogP contribution is -2.71. The number of oxime groups is 1. The van der Waals surface area contributed by atoms with Crippen LogP contribution >= 0.6 is 34.9 Å². The van der Waals surface area contributed by atoms with E-state index < -0.39 is 41.3 Å². The molecule has 2 aromatic heterocycles. The normalized spacial score (nSPS) is 19.3. The number of aliphatic carboxylic acids is 2. The van der Waals surface area contributed by atoms with Crippen molar-refractivity contribution in [1.29, 1.82) is 0 Å². The molecule has 4 rings (SSSR count). The van der Waals surface area contributed by atoms with E-state index in [1.165, 1.54) is 30.3 Å². The van der Waals surface area contributed by atoms with Gasteiger partial charge in [0.2, 0.25) is 0 Å². The molecule has 2 aromatic rings. The number of β-lactam (4-membered cyclic amide) rings is 1. The fourth-order valence-corrected chi connectivity index (χ4v) is 6.72. The standard InChI is InChI=1S/C21H24N10O7S3/c1-7(2-11(32)33)38-29-12(10-6-40-20(24)26-10)16(34)27-13-17(35)31-14(19(36)37)8(4-39-18(13)31)5-41-21-28-15(23)9(22)3-30(21)25/h3,6-7,13,18,23H,2,4-5,22,25H2,1H3,(H5,24,26,27,32,33,34,36,37)/p+1/b29-12-/t7?,13?,18-/m1/s1. The van der Waals surface area contributed by atoms with Crippen molar-refractivity contribution in [2.24, 2.45) is 5.16 Å². The molecule has 1 fully saturated rings. The number of nitrogens with zero attached hydrogens (tertiary/aromatic N) is 5. The number of carbonyl (C=O) groups is 4. The van der Waals surface area contributed by atoms with Crippen LogP contribution in [-0.4, -0.2) is 83.6 Å². The Morgan fingerprint density at radius 1 is 1.32 bits per heavy atom. The van der Waals surface area contributed by atoms with Gasteiger partial charge in [0.05, 0.1) is 6.42 Å². The molecule has 0 aromatic carbocycles. The molecule has 2 amide bonds. The van der Waals surface area contributed by atoms with Crippen molar-refractivity contribution in [2.75, 3.05) is 34.5 Å². The summed E-state index contributed by atoms with van der Waals surface area (Å²) in [6.45, 7) is 1.45. The Bertz CT molecular complexity index is 1480. The molecule has 218 valence electrons. The summed E-state index contributed by atoms with van der Waals surface area (Å²) in [4.78, 5) is 63.8. The van der Waals surface area contributed by atoms with E-state index in [1.54, 1.807) is 0 Å². The van der Waals surface area contributed by atoms with E-state index in [-0.39, 0.29) is 56.8 Å². The van der Waals surface area contributed by atoms with Crippen molar-refractivity contribution in [3.63, 3.8) is 0 Å². The number of aromatic nitrogens is 3. The number of fused-ring (bicyclic) bond motifs is 1. The first-order valence-electron chi connectivity index (χ1n) is 11.6. The molecule has 0 radical (unpaired) electrons. The van der Waals surface area contributed by atoms with Crippen LogP contribution in [0, 0.1) is 0 Å². The summed E-state index contributed by atoms with van der Waals surface area (Å²) < 4.78 is 1.16. The maximum absolute atomic E-state index is 13.2. The van der Waals surface area contributed by atoms with Gasteiger partial charge in [0.25, 0.3) is 17.6 Å². The van der Waals surface area contributed by atoms with E-state index in [4.69, 9.17) is 33.0 Å². The molecule has 0 saturated carbocycles. The minimum absolute atomic E-state index is 0.0620. The molecule has 3 atom stereocenters. The summed E-state index contributed by atoms with van der Waals surface area (Å²) in [6.07, 6.45) is 0.142. The second-order valence-electron chi connectivity index (χ2n) is 8.70. The van der Waals surface area contributed by atoms with Crippen LogP contribution in [0.5, 0.6) is 0 Å². The van der Waals surface area contributed by atoms with Gasteiger partial charge >= 0.3 is 17.1 Å². The second-order valence-corrected chi connectivity index (χ2v) is 11.6. The molecular weight excluding hydrogens is 600 g/mol. The van der Waals surface area contributed by atoms with Crippen molar-refractivity contribution in [3.8, 4) is 0 Å². The van der Waals surface area contributed by atoms with Crippen molar-refractivity contribution in [2.45, 2.75) is 36.0 Å². The third-order valence-electron chi connectivity index (χ3n) is 5.69. The first kappa shape index (κ1) is 29.7. The lowest BCUT2D eigenvalue weighted by atomic mass is 10.0. The van der Waals surface area contributed by atoms with E-state index in [0.717, 1.165) is 32.7 Å². The molecule has 2 aliphatic rings. The maximum Gasteiger partial charge on any atom is 0.384 e. The SMILES string of the molecule is CC(CC(=O)O)O/N=C(\C(=O)NC1C(=O)N2C(C(=O)O)=C(CSc3nc(N)c(N)c[n+]3N)CS[C@H]12)c1csc(N)n1. The number of carboxylic acid groups (broad SMARTS) is 2. The third kappa shape index (κ3) is 6.38. The Morgan fingerprint density at radius 3 is 2.68 bits per heavy atom. The number of nitrogen functional groups attached to an aromatic ring is 4. The van der Waals surface area contributed by atoms with Gasteiger partial charge in [-0.25, -0.2) is 9.78 Å². The van der Waals surface area contributed by atoms with Crippen LogP contribution in [0.1, 0.15) is 19.0 Å². The lowest BCUT2D eigenvalue weighted by Gasteiger charge is -2.49. The van der Waals surface area contributed by atoms with E-state index in [0.29, 0.717) is 5.57 Å². The van der Waals surface area contributed by atoms with Gasteiger partial charge < -0.3 is 37.6 Å². The predicted molar refractivity (Wildman–Crippen MR) is 150 cm³/mol. The smallest absolute Gasteiger partial charge is 0.384 e. The maximum atomic E-state index is 13.2. The van der Waals surface area contributed by atoms with Crippen LogP contribution in [0.3, 0.4) is 0 Å². The van der Waals surface area contributed by atoms with E-state index in [9.17, 15) is 24.3 Å². The molecular formula is C21H25N10O7S3+. The molecule has 41 heavy (non-hydrogen) atoms. The highest BCUT2D eigenvalue weighted by molar-refractivity contribution is 8.01. The zero-order valence-corrected chi connectivity index (χ0v) is 23.7. The van der Waals surface area contributed by atoms with E-state index in [2.05, 4.69) is 20.4 Å². The number of anilines is 3. The minimum atomic E-state index is -1.31. The molecule has 0 spiro atoms. The largest absolute Gasteiger partial charge is 0.481 e. The molecule has 0 aliphatic carbocycles. The Balaban J connectivity index is 1.50. The molecule has 2 unspecified atom stereocenters. The zero-order chi connectivity index (χ0) is 30.0. The summed E-state index contributed by atoms with van der Waals surface area (Å²) in [5.41, 5.74) is 17.3. The quantitative estimate of drug-likeness (QED) is 0.0282. The highest BCUT2D eigenvalue weighted by Crippen LogP contribution is 2.41. The number of thioether (sulfide) groups is 2. The number of carbonyl (C=O) groups excluding carboxylic acids is 2. The van der Waals surface area contributed by atoms with E-state index >= 15 is 0 Å². The topological polar surface area (TPSA) is 279 Å². The number of amides is 2. The Hall–Kier alpha value is -4.30. The summed E-state index contributed by atoms with van der Waals surface area (Å²) in [7, 11) is 0. The summed E-state index contributed by atoms with van der Waals surface area (Å²) >= 11 is 3.42. The molecule has 17 nitrogen and oxygen atoms in total. The molecule has 4 heterocycles. The van der Waals surface area contributed by atoms with Crippen LogP contribution < -0.4 is 33.0 Å². The van der Waals surface area contributed by atoms with Gasteiger partial charge in [0.15, 0.2) is 10.8 Å². The van der Waals surface area contributed by atoms with Crippen molar-refractivity contribution < 1.29 is 38.9 Å². The van der Waals surface area contributed by atoms with Gasteiger partial charge in [0, 0.05) is 16.9 Å². The van der Waals surface area contributed by atoms with Gasteiger partial charge in [-0.3, -0.25) is 25.1 Å². The highest BCUT2D eigenvalue weighted by atomic mass is 32.2. The van der Waals surface area contributed by atoms with Gasteiger partial charge in [-0.15, -0.1) is 27.8 Å². The molecule has 2 aliphatic heterocycles. The van der Waals surface area contributed by atoms with Gasteiger partial charge in [-0.1, -0.05) is 5.16 Å². The zero-order valence-electron chi connectivity index (χ0n) is 21.2. The van der Waals surface area contributed by atoms with Crippen LogP contribution in [0.2, 0.25) is 0 Å². The number of carboxylic acids is 2. The molecule has 0 bridgehead atoms. The number of hydrogen-bond acceptors (Lipinski definition) is 15. The van der Waals surface area contributed by atoms with Crippen molar-refractivity contribution in [1.82, 2.24) is 20.2 Å².